The molecule has 0 amide bonds. The Bertz CT molecular complexity index is 737. The molecule has 2 aromatic rings. The van der Waals surface area contributed by atoms with E-state index in [0.29, 0.717) is 15.0 Å². The monoisotopic (exact) mass is 552 g/mol. The molecule has 0 spiro atoms. The Hall–Kier alpha value is 0.606. The molecule has 6 heteroatoms. The molecule has 0 aliphatic carbocycles. The summed E-state index contributed by atoms with van der Waals surface area (Å²) >= 11 is 0.445. The van der Waals surface area contributed by atoms with Crippen LogP contribution < -0.4 is 29.7 Å². The van der Waals surface area contributed by atoms with Crippen molar-refractivity contribution in [1.82, 2.24) is 0 Å². The van der Waals surface area contributed by atoms with Gasteiger partial charge in [0, 0.05) is 17.1 Å². The van der Waals surface area contributed by atoms with Gasteiger partial charge in [-0.2, -0.15) is 0 Å². The first kappa shape index (κ1) is 26.6. The Morgan fingerprint density at radius 2 is 1.29 bits per heavy atom. The SMILES string of the molecule is C[Si](C)(C)c1cc([Si](C)(C)C)[c-]([Se][c-]2[cH-][c-]([Si](C)(C)C)[cH-][c-]2[Si](C)(C)C)c1.[Fe]. The summed E-state index contributed by atoms with van der Waals surface area (Å²) in [5.41, 5.74) is 0. The fraction of sp³-hybridized carbons (Fsp3) is 0.545. The average Bonchev–Trinajstić information content (AvgIpc) is 3.00. The number of hydrogen-bond donors (Lipinski definition) is 0. The van der Waals surface area contributed by atoms with Crippen molar-refractivity contribution < 1.29 is 17.1 Å². The summed E-state index contributed by atoms with van der Waals surface area (Å²) in [5, 5.41) is 6.81. The quantitative estimate of drug-likeness (QED) is 0.383. The van der Waals surface area contributed by atoms with E-state index in [-0.39, 0.29) is 17.1 Å². The van der Waals surface area contributed by atoms with Crippen molar-refractivity contribution >= 4 is 76.9 Å². The third-order valence-corrected chi connectivity index (χ3v) is 16.5. The summed E-state index contributed by atoms with van der Waals surface area (Å²) in [6.45, 7) is 30.1. The van der Waals surface area contributed by atoms with Crippen molar-refractivity contribution in [3.05, 3.63) is 24.3 Å². The van der Waals surface area contributed by atoms with Crippen LogP contribution in [-0.4, -0.2) is 47.3 Å². The maximum absolute atomic E-state index is 2.62. The number of hydrogen-bond acceptors (Lipinski definition) is 0. The van der Waals surface area contributed by atoms with Crippen molar-refractivity contribution in [3.8, 4) is 0 Å². The molecule has 28 heavy (non-hydrogen) atoms. The van der Waals surface area contributed by atoms with Crippen molar-refractivity contribution in [2.24, 2.45) is 0 Å². The second kappa shape index (κ2) is 8.62. The summed E-state index contributed by atoms with van der Waals surface area (Å²) in [6, 6.07) is 10.5. The molecule has 0 aliphatic rings. The van der Waals surface area contributed by atoms with Crippen molar-refractivity contribution in [2.75, 3.05) is 0 Å². The van der Waals surface area contributed by atoms with Crippen LogP contribution in [-0.2, 0) is 17.1 Å². The van der Waals surface area contributed by atoms with Crippen molar-refractivity contribution in [3.63, 3.8) is 0 Å². The van der Waals surface area contributed by atoms with Gasteiger partial charge < -0.3 is 0 Å². The summed E-state index contributed by atoms with van der Waals surface area (Å²) < 4.78 is 3.40. The van der Waals surface area contributed by atoms with Crippen LogP contribution in [0.15, 0.2) is 24.3 Å². The molecule has 0 radical (unpaired) electrons. The first-order chi connectivity index (χ1) is 11.9. The molecule has 0 bridgehead atoms. The molecule has 0 heterocycles. The van der Waals surface area contributed by atoms with Crippen LogP contribution in [0.5, 0.6) is 0 Å². The molecular formula is C22H40FeSeSi4-6. The molecule has 0 saturated carbocycles. The van der Waals surface area contributed by atoms with Crippen LogP contribution in [0.1, 0.15) is 0 Å². The molecule has 0 aliphatic heterocycles. The fourth-order valence-electron chi connectivity index (χ4n) is 3.30. The Balaban J connectivity index is 0.00000392. The summed E-state index contributed by atoms with van der Waals surface area (Å²) in [5.74, 6) is 0. The van der Waals surface area contributed by atoms with Crippen LogP contribution >= 0.6 is 0 Å². The summed E-state index contributed by atoms with van der Waals surface area (Å²) in [4.78, 5) is 0. The second-order valence-electron chi connectivity index (χ2n) is 12.1. The maximum Gasteiger partial charge on any atom is 0 e. The van der Waals surface area contributed by atoms with Crippen LogP contribution in [0.25, 0.3) is 0 Å². The van der Waals surface area contributed by atoms with Gasteiger partial charge in [-0.1, -0.05) is 0 Å². The summed E-state index contributed by atoms with van der Waals surface area (Å²) in [7, 11) is -5.18. The predicted molar refractivity (Wildman–Crippen MR) is 141 cm³/mol. The molecule has 0 unspecified atom stereocenters. The van der Waals surface area contributed by atoms with E-state index < -0.39 is 32.3 Å². The Morgan fingerprint density at radius 1 is 0.750 bits per heavy atom. The Morgan fingerprint density at radius 3 is 1.68 bits per heavy atom. The van der Waals surface area contributed by atoms with Gasteiger partial charge >= 0.3 is 180 Å². The molecule has 2 rings (SSSR count). The molecule has 0 atom stereocenters. The predicted octanol–water partition coefficient (Wildman–Crippen LogP) is 2.96. The van der Waals surface area contributed by atoms with Crippen LogP contribution in [0.3, 0.4) is 0 Å². The molecule has 164 valence electrons. The number of rotatable bonds is 6. The fourth-order valence-corrected chi connectivity index (χ4v) is 15.5. The van der Waals surface area contributed by atoms with Gasteiger partial charge in [-0.25, -0.2) is 0 Å². The second-order valence-corrected chi connectivity index (χ2v) is 34.7. The van der Waals surface area contributed by atoms with Gasteiger partial charge in [-0.15, -0.1) is 0 Å². The largest absolute Gasteiger partial charge is 0 e. The minimum atomic E-state index is -1.32. The van der Waals surface area contributed by atoms with Gasteiger partial charge in [0.25, 0.3) is 0 Å². The molecule has 2 aromatic carbocycles. The smallest absolute Gasteiger partial charge is 0 e. The van der Waals surface area contributed by atoms with E-state index in [0.717, 1.165) is 0 Å². The minimum absolute atomic E-state index is 0. The van der Waals surface area contributed by atoms with Gasteiger partial charge in [0.05, 0.1) is 0 Å². The third kappa shape index (κ3) is 6.30. The maximum atomic E-state index is 2.62. The topological polar surface area (TPSA) is 0 Å². The minimum Gasteiger partial charge on any atom is 0 e. The molecule has 0 fully saturated rings. The summed E-state index contributed by atoms with van der Waals surface area (Å²) in [6.07, 6.45) is 0. The van der Waals surface area contributed by atoms with E-state index in [2.05, 4.69) is 103 Å². The third-order valence-electron chi connectivity index (χ3n) is 5.27. The molecular weight excluding hydrogens is 511 g/mol. The van der Waals surface area contributed by atoms with Crippen LogP contribution in [0.4, 0.5) is 0 Å². The Kier molecular flexibility index (Phi) is 8.20. The van der Waals surface area contributed by atoms with Gasteiger partial charge in [-0.05, 0) is 0 Å². The molecule has 0 N–H and O–H groups in total. The normalized spacial score (nSPS) is 13.6. The van der Waals surface area contributed by atoms with Gasteiger partial charge in [-0.3, -0.25) is 0 Å². The Labute approximate surface area is 195 Å². The first-order valence-corrected chi connectivity index (χ1v) is 25.9. The zero-order valence-corrected chi connectivity index (χ0v) is 26.9. The molecule has 0 aromatic heterocycles. The van der Waals surface area contributed by atoms with E-state index in [1.165, 1.54) is 0 Å². The van der Waals surface area contributed by atoms with Gasteiger partial charge in [0.2, 0.25) is 0 Å². The van der Waals surface area contributed by atoms with Crippen LogP contribution in [0, 0.1) is 0 Å². The van der Waals surface area contributed by atoms with E-state index in [1.807, 2.05) is 0 Å². The zero-order chi connectivity index (χ0) is 21.0. The standard InChI is InChI=1S/C22H40SeSi4.Fe/c1-24(2,3)17-13-19(21(15-17)26(7,8)9)23-20-14-18(25(4,5)6)16-22(20)27(10,11)12;/h13-16H,1-12H3;/q-6;. The van der Waals surface area contributed by atoms with E-state index in [1.54, 1.807) is 29.7 Å². The van der Waals surface area contributed by atoms with E-state index >= 15 is 0 Å². The average molecular weight is 552 g/mol. The van der Waals surface area contributed by atoms with Gasteiger partial charge in [0.1, 0.15) is 0 Å². The van der Waals surface area contributed by atoms with Gasteiger partial charge in [0.15, 0.2) is 0 Å². The van der Waals surface area contributed by atoms with Crippen molar-refractivity contribution in [1.29, 1.82) is 0 Å². The first-order valence-electron chi connectivity index (χ1n) is 10.2. The molecule has 0 saturated heterocycles. The zero-order valence-electron chi connectivity index (χ0n) is 20.1. The van der Waals surface area contributed by atoms with E-state index in [9.17, 15) is 0 Å². The molecule has 0 nitrogen and oxygen atoms in total. The van der Waals surface area contributed by atoms with Crippen molar-refractivity contribution in [2.45, 2.75) is 78.6 Å². The van der Waals surface area contributed by atoms with Crippen LogP contribution in [0.2, 0.25) is 78.6 Å². The van der Waals surface area contributed by atoms with E-state index in [4.69, 9.17) is 0 Å².